The first-order valence-corrected chi connectivity index (χ1v) is 7.79. The number of rotatable bonds is 6. The normalized spacial score (nSPS) is 14.3. The van der Waals surface area contributed by atoms with Crippen LogP contribution in [0.4, 0.5) is 0 Å². The molecule has 0 saturated carbocycles. The van der Waals surface area contributed by atoms with E-state index in [0.717, 1.165) is 5.56 Å². The topological polar surface area (TPSA) is 47.6 Å². The van der Waals surface area contributed by atoms with E-state index < -0.39 is 16.8 Å². The van der Waals surface area contributed by atoms with E-state index in [2.05, 4.69) is 4.72 Å². The lowest BCUT2D eigenvalue weighted by Crippen LogP contribution is -2.45. The molecule has 0 aliphatic rings. The lowest BCUT2D eigenvalue weighted by Gasteiger charge is -2.32. The first-order chi connectivity index (χ1) is 9.25. The molecule has 0 radical (unpaired) electrons. The summed E-state index contributed by atoms with van der Waals surface area (Å²) >= 11 is 5.89. The summed E-state index contributed by atoms with van der Waals surface area (Å²) < 4.78 is 25.7. The summed E-state index contributed by atoms with van der Waals surface area (Å²) in [6, 6.07) is 7.20. The second-order valence-corrected chi connectivity index (χ2v) is 7.86. The fourth-order valence-electron chi connectivity index (χ4n) is 1.65. The molecule has 6 heteroatoms. The Balaban J connectivity index is 2.93. The molecule has 0 aliphatic carbocycles. The average Bonchev–Trinajstić information content (AvgIpc) is 2.40. The van der Waals surface area contributed by atoms with Crippen LogP contribution in [0.25, 0.3) is 0 Å². The Labute approximate surface area is 128 Å². The molecule has 1 aromatic rings. The maximum atomic E-state index is 12.1. The molecular weight excluding hydrogens is 298 g/mol. The van der Waals surface area contributed by atoms with Crippen molar-refractivity contribution in [1.82, 2.24) is 4.72 Å². The van der Waals surface area contributed by atoms with Crippen LogP contribution < -0.4 is 4.72 Å². The second-order valence-electron chi connectivity index (χ2n) is 5.37. The summed E-state index contributed by atoms with van der Waals surface area (Å²) in [7, 11) is 1.91. The predicted octanol–water partition coefficient (Wildman–Crippen LogP) is 2.84. The number of ether oxygens (including phenoxy) is 2. The van der Waals surface area contributed by atoms with E-state index in [0.29, 0.717) is 5.02 Å². The first-order valence-electron chi connectivity index (χ1n) is 6.27. The monoisotopic (exact) mass is 319 g/mol. The molecule has 0 unspecified atom stereocenters. The predicted molar refractivity (Wildman–Crippen MR) is 83.0 cm³/mol. The highest BCUT2D eigenvalue weighted by Crippen LogP contribution is 2.27. The Morgan fingerprint density at radius 2 is 1.65 bits per heavy atom. The number of hydrogen-bond donors (Lipinski definition) is 1. The Morgan fingerprint density at radius 3 is 2.05 bits per heavy atom. The van der Waals surface area contributed by atoms with E-state index in [-0.39, 0.29) is 11.3 Å². The van der Waals surface area contributed by atoms with Crippen LogP contribution in [0.3, 0.4) is 0 Å². The SMILES string of the molecule is COC(CN[S@](=O)C(C)(C)C)(OC)c1ccc(Cl)cc1. The number of benzene rings is 1. The van der Waals surface area contributed by atoms with E-state index in [4.69, 9.17) is 21.1 Å². The van der Waals surface area contributed by atoms with Crippen LogP contribution in [0.5, 0.6) is 0 Å². The van der Waals surface area contributed by atoms with Gasteiger partial charge in [0.2, 0.25) is 5.79 Å². The van der Waals surface area contributed by atoms with Gasteiger partial charge in [0, 0.05) is 24.8 Å². The van der Waals surface area contributed by atoms with Crippen molar-refractivity contribution in [2.45, 2.75) is 31.3 Å². The minimum Gasteiger partial charge on any atom is -0.348 e. The van der Waals surface area contributed by atoms with E-state index in [9.17, 15) is 4.21 Å². The van der Waals surface area contributed by atoms with Crippen molar-refractivity contribution >= 4 is 22.6 Å². The summed E-state index contributed by atoms with van der Waals surface area (Å²) in [6.07, 6.45) is 0. The highest BCUT2D eigenvalue weighted by molar-refractivity contribution is 7.84. The van der Waals surface area contributed by atoms with Crippen molar-refractivity contribution in [3.63, 3.8) is 0 Å². The first kappa shape index (κ1) is 17.6. The summed E-state index contributed by atoms with van der Waals surface area (Å²) in [5.74, 6) is -0.995. The molecule has 0 fully saturated rings. The molecule has 0 aliphatic heterocycles. The van der Waals surface area contributed by atoms with Gasteiger partial charge in [0.15, 0.2) is 0 Å². The number of nitrogens with one attached hydrogen (secondary N) is 1. The standard InChI is InChI=1S/C14H22ClNO3S/c1-13(2,3)20(17)16-10-14(18-4,19-5)11-6-8-12(15)9-7-11/h6-9,16H,10H2,1-5H3/t20-/m1/s1. The number of halogens is 1. The highest BCUT2D eigenvalue weighted by Gasteiger charge is 2.33. The Morgan fingerprint density at radius 1 is 1.15 bits per heavy atom. The van der Waals surface area contributed by atoms with Gasteiger partial charge in [-0.1, -0.05) is 23.7 Å². The zero-order valence-corrected chi connectivity index (χ0v) is 14.1. The van der Waals surface area contributed by atoms with Crippen molar-refractivity contribution in [1.29, 1.82) is 0 Å². The largest absolute Gasteiger partial charge is 0.348 e. The third-order valence-corrected chi connectivity index (χ3v) is 4.71. The lowest BCUT2D eigenvalue weighted by atomic mass is 10.1. The smallest absolute Gasteiger partial charge is 0.208 e. The molecule has 114 valence electrons. The molecule has 4 nitrogen and oxygen atoms in total. The molecule has 20 heavy (non-hydrogen) atoms. The van der Waals surface area contributed by atoms with Gasteiger partial charge in [-0.25, -0.2) is 8.93 Å². The molecular formula is C14H22ClNO3S. The van der Waals surface area contributed by atoms with Crippen LogP contribution >= 0.6 is 11.6 Å². The summed E-state index contributed by atoms with van der Waals surface area (Å²) in [5.41, 5.74) is 0.810. The molecule has 1 aromatic carbocycles. The van der Waals surface area contributed by atoms with Gasteiger partial charge in [-0.3, -0.25) is 0 Å². The van der Waals surface area contributed by atoms with Gasteiger partial charge in [0.1, 0.15) is 0 Å². The van der Waals surface area contributed by atoms with Crippen LogP contribution in [-0.2, 0) is 26.2 Å². The zero-order valence-electron chi connectivity index (χ0n) is 12.5. The number of methoxy groups -OCH3 is 2. The Kier molecular flexibility index (Phi) is 6.16. The van der Waals surface area contributed by atoms with Crippen molar-refractivity contribution in [2.75, 3.05) is 20.8 Å². The Bertz CT molecular complexity index is 452. The minimum atomic E-state index is -1.20. The molecule has 1 atom stereocenters. The van der Waals surface area contributed by atoms with Crippen LogP contribution in [-0.4, -0.2) is 29.7 Å². The molecule has 0 amide bonds. The molecule has 0 bridgehead atoms. The van der Waals surface area contributed by atoms with Crippen LogP contribution in [0.1, 0.15) is 26.3 Å². The maximum absolute atomic E-state index is 12.1. The fraction of sp³-hybridized carbons (Fsp3) is 0.571. The van der Waals surface area contributed by atoms with E-state index >= 15 is 0 Å². The highest BCUT2D eigenvalue weighted by atomic mass is 35.5. The van der Waals surface area contributed by atoms with Crippen molar-refractivity contribution in [2.24, 2.45) is 0 Å². The number of hydrogen-bond acceptors (Lipinski definition) is 3. The maximum Gasteiger partial charge on any atom is 0.208 e. The van der Waals surface area contributed by atoms with Crippen molar-refractivity contribution in [3.8, 4) is 0 Å². The van der Waals surface area contributed by atoms with Gasteiger partial charge in [-0.15, -0.1) is 0 Å². The Hall–Kier alpha value is -0.460. The molecule has 0 saturated heterocycles. The van der Waals surface area contributed by atoms with Crippen LogP contribution in [0.15, 0.2) is 24.3 Å². The van der Waals surface area contributed by atoms with Crippen LogP contribution in [0.2, 0.25) is 5.02 Å². The minimum absolute atomic E-state index is 0.269. The average molecular weight is 320 g/mol. The second kappa shape index (κ2) is 7.00. The molecule has 0 spiro atoms. The molecule has 0 aromatic heterocycles. The van der Waals surface area contributed by atoms with Gasteiger partial charge in [0.05, 0.1) is 22.3 Å². The van der Waals surface area contributed by atoms with E-state index in [1.807, 2.05) is 32.9 Å². The zero-order chi connectivity index (χ0) is 15.4. The van der Waals surface area contributed by atoms with Crippen molar-refractivity contribution in [3.05, 3.63) is 34.9 Å². The summed E-state index contributed by atoms with van der Waals surface area (Å²) in [4.78, 5) is 0. The lowest BCUT2D eigenvalue weighted by molar-refractivity contribution is -0.209. The van der Waals surface area contributed by atoms with Gasteiger partial charge < -0.3 is 9.47 Å². The summed E-state index contributed by atoms with van der Waals surface area (Å²) in [5, 5.41) is 0.640. The molecule has 0 heterocycles. The third-order valence-electron chi connectivity index (χ3n) is 2.94. The fourth-order valence-corrected chi connectivity index (χ4v) is 2.53. The van der Waals surface area contributed by atoms with Gasteiger partial charge >= 0.3 is 0 Å². The molecule has 1 rings (SSSR count). The molecule has 1 N–H and O–H groups in total. The van der Waals surface area contributed by atoms with E-state index in [1.165, 1.54) is 0 Å². The van der Waals surface area contributed by atoms with Gasteiger partial charge in [-0.05, 0) is 32.9 Å². The van der Waals surface area contributed by atoms with Gasteiger partial charge in [-0.2, -0.15) is 0 Å². The summed E-state index contributed by atoms with van der Waals surface area (Å²) in [6.45, 7) is 5.98. The third kappa shape index (κ3) is 4.27. The van der Waals surface area contributed by atoms with E-state index in [1.54, 1.807) is 26.4 Å². The van der Waals surface area contributed by atoms with Crippen LogP contribution in [0, 0.1) is 0 Å². The van der Waals surface area contributed by atoms with Gasteiger partial charge in [0.25, 0.3) is 0 Å². The van der Waals surface area contributed by atoms with Crippen molar-refractivity contribution < 1.29 is 13.7 Å². The quantitative estimate of drug-likeness (QED) is 0.820.